The summed E-state index contributed by atoms with van der Waals surface area (Å²) in [5.41, 5.74) is -0.260. The average molecular weight is 459 g/mol. The van der Waals surface area contributed by atoms with Gasteiger partial charge in [0.25, 0.3) is 0 Å². The van der Waals surface area contributed by atoms with Gasteiger partial charge in [-0.15, -0.1) is 24.0 Å². The maximum Gasteiger partial charge on any atom is 0.191 e. The van der Waals surface area contributed by atoms with E-state index in [0.29, 0.717) is 6.54 Å². The third-order valence-corrected chi connectivity index (χ3v) is 5.51. The SMILES string of the molecule is CCNC(=NCC1(CS(C)(=O)=O)CC1)NCC1(C)CCCO1.I. The minimum absolute atomic E-state index is 0. The van der Waals surface area contributed by atoms with Crippen LogP contribution >= 0.6 is 24.0 Å². The highest BCUT2D eigenvalue weighted by atomic mass is 127. The molecule has 1 saturated carbocycles. The summed E-state index contributed by atoms with van der Waals surface area (Å²) >= 11 is 0. The van der Waals surface area contributed by atoms with Crippen molar-refractivity contribution in [2.75, 3.05) is 38.2 Å². The van der Waals surface area contributed by atoms with Crippen LogP contribution in [0.1, 0.15) is 39.5 Å². The fourth-order valence-electron chi connectivity index (χ4n) is 2.92. The lowest BCUT2D eigenvalue weighted by Gasteiger charge is -2.25. The van der Waals surface area contributed by atoms with Crippen LogP contribution in [-0.4, -0.2) is 58.2 Å². The highest BCUT2D eigenvalue weighted by Crippen LogP contribution is 2.46. The van der Waals surface area contributed by atoms with Crippen molar-refractivity contribution in [3.05, 3.63) is 0 Å². The molecule has 1 saturated heterocycles. The number of aliphatic imine (C=N–C) groups is 1. The summed E-state index contributed by atoms with van der Waals surface area (Å²) in [4.78, 5) is 4.60. The first-order valence-electron chi connectivity index (χ1n) is 8.10. The van der Waals surface area contributed by atoms with Crippen molar-refractivity contribution in [2.45, 2.75) is 45.1 Å². The molecule has 1 unspecified atom stereocenters. The maximum atomic E-state index is 11.5. The van der Waals surface area contributed by atoms with Gasteiger partial charge in [0.1, 0.15) is 9.84 Å². The van der Waals surface area contributed by atoms with Crippen molar-refractivity contribution in [1.29, 1.82) is 0 Å². The maximum absolute atomic E-state index is 11.5. The van der Waals surface area contributed by atoms with Crippen LogP contribution in [0.2, 0.25) is 0 Å². The van der Waals surface area contributed by atoms with E-state index in [2.05, 4.69) is 22.5 Å². The Kier molecular flexibility index (Phi) is 7.59. The van der Waals surface area contributed by atoms with E-state index < -0.39 is 9.84 Å². The molecule has 0 aromatic carbocycles. The second-order valence-electron chi connectivity index (χ2n) is 7.02. The number of sulfone groups is 1. The topological polar surface area (TPSA) is 79.8 Å². The zero-order valence-electron chi connectivity index (χ0n) is 14.4. The number of guanidine groups is 1. The number of halogens is 1. The molecule has 1 aliphatic carbocycles. The van der Waals surface area contributed by atoms with E-state index in [1.54, 1.807) is 0 Å². The number of ether oxygens (including phenoxy) is 1. The highest BCUT2D eigenvalue weighted by Gasteiger charge is 2.45. The van der Waals surface area contributed by atoms with E-state index >= 15 is 0 Å². The molecule has 1 atom stereocenters. The molecule has 0 aromatic heterocycles. The normalized spacial score (nSPS) is 26.5. The van der Waals surface area contributed by atoms with E-state index in [4.69, 9.17) is 4.74 Å². The monoisotopic (exact) mass is 459 g/mol. The summed E-state index contributed by atoms with van der Waals surface area (Å²) in [7, 11) is -2.94. The smallest absolute Gasteiger partial charge is 0.191 e. The fraction of sp³-hybridized carbons (Fsp3) is 0.933. The van der Waals surface area contributed by atoms with Gasteiger partial charge in [-0.1, -0.05) is 0 Å². The summed E-state index contributed by atoms with van der Waals surface area (Å²) < 4.78 is 28.8. The Morgan fingerprint density at radius 1 is 1.26 bits per heavy atom. The first kappa shape index (κ1) is 21.0. The Morgan fingerprint density at radius 3 is 2.43 bits per heavy atom. The highest BCUT2D eigenvalue weighted by molar-refractivity contribution is 14.0. The van der Waals surface area contributed by atoms with Gasteiger partial charge in [-0.3, -0.25) is 4.99 Å². The molecule has 0 spiro atoms. The van der Waals surface area contributed by atoms with Crippen LogP contribution in [0, 0.1) is 5.41 Å². The average Bonchev–Trinajstić information content (AvgIpc) is 3.02. The standard InChI is InChI=1S/C15H29N3O3S.HI/c1-4-16-13(17-10-14(2)6-5-9-21-14)18-11-15(7-8-15)12-22(3,19)20;/h4-12H2,1-3H3,(H2,16,17,18);1H. The van der Waals surface area contributed by atoms with E-state index in [-0.39, 0.29) is 40.7 Å². The number of rotatable bonds is 7. The summed E-state index contributed by atoms with van der Waals surface area (Å²) in [5, 5.41) is 6.55. The van der Waals surface area contributed by atoms with Crippen LogP contribution in [0.5, 0.6) is 0 Å². The lowest BCUT2D eigenvalue weighted by Crippen LogP contribution is -2.45. The summed E-state index contributed by atoms with van der Waals surface area (Å²) in [6.07, 6.45) is 5.35. The van der Waals surface area contributed by atoms with Crippen LogP contribution in [0.4, 0.5) is 0 Å². The molecule has 23 heavy (non-hydrogen) atoms. The minimum atomic E-state index is -2.94. The fourth-order valence-corrected chi connectivity index (χ4v) is 4.41. The van der Waals surface area contributed by atoms with E-state index in [1.807, 2.05) is 6.92 Å². The zero-order chi connectivity index (χ0) is 16.3. The van der Waals surface area contributed by atoms with Crippen LogP contribution in [-0.2, 0) is 14.6 Å². The molecule has 6 nitrogen and oxygen atoms in total. The van der Waals surface area contributed by atoms with Crippen LogP contribution in [0.15, 0.2) is 4.99 Å². The Balaban J connectivity index is 0.00000264. The summed E-state index contributed by atoms with van der Waals surface area (Å²) in [5.74, 6) is 0.989. The molecule has 2 N–H and O–H groups in total. The second kappa shape index (κ2) is 8.33. The zero-order valence-corrected chi connectivity index (χ0v) is 17.5. The van der Waals surface area contributed by atoms with Gasteiger partial charge in [-0.25, -0.2) is 8.42 Å². The van der Waals surface area contributed by atoms with Crippen molar-refractivity contribution in [3.63, 3.8) is 0 Å². The van der Waals surface area contributed by atoms with Gasteiger partial charge in [0.05, 0.1) is 11.4 Å². The minimum Gasteiger partial charge on any atom is -0.373 e. The Labute approximate surface area is 157 Å². The molecule has 8 heteroatoms. The molecule has 0 radical (unpaired) electrons. The second-order valence-corrected chi connectivity index (χ2v) is 9.16. The number of nitrogens with one attached hydrogen (secondary N) is 2. The lowest BCUT2D eigenvalue weighted by molar-refractivity contribution is 0.0243. The molecule has 136 valence electrons. The van der Waals surface area contributed by atoms with Gasteiger partial charge < -0.3 is 15.4 Å². The van der Waals surface area contributed by atoms with Gasteiger partial charge in [0.15, 0.2) is 5.96 Å². The lowest BCUT2D eigenvalue weighted by atomic mass is 10.0. The molecule has 1 aliphatic heterocycles. The number of nitrogens with zero attached hydrogens (tertiary/aromatic N) is 1. The number of hydrogen-bond acceptors (Lipinski definition) is 4. The van der Waals surface area contributed by atoms with Crippen molar-refractivity contribution >= 4 is 39.8 Å². The third kappa shape index (κ3) is 7.13. The summed E-state index contributed by atoms with van der Waals surface area (Å²) in [6, 6.07) is 0. The van der Waals surface area contributed by atoms with Crippen LogP contribution < -0.4 is 10.6 Å². The molecule has 1 heterocycles. The molecule has 0 aromatic rings. The van der Waals surface area contributed by atoms with Crippen LogP contribution in [0.25, 0.3) is 0 Å². The Morgan fingerprint density at radius 2 is 1.96 bits per heavy atom. The first-order valence-corrected chi connectivity index (χ1v) is 10.2. The van der Waals surface area contributed by atoms with Crippen molar-refractivity contribution in [1.82, 2.24) is 10.6 Å². The molecular weight excluding hydrogens is 429 g/mol. The molecular formula is C15H30IN3O3S. The van der Waals surface area contributed by atoms with Crippen molar-refractivity contribution < 1.29 is 13.2 Å². The van der Waals surface area contributed by atoms with Gasteiger partial charge >= 0.3 is 0 Å². The molecule has 2 fully saturated rings. The molecule has 0 bridgehead atoms. The van der Waals surface area contributed by atoms with Gasteiger partial charge in [0.2, 0.25) is 0 Å². The third-order valence-electron chi connectivity index (χ3n) is 4.37. The van der Waals surface area contributed by atoms with Crippen molar-refractivity contribution in [2.24, 2.45) is 10.4 Å². The van der Waals surface area contributed by atoms with Crippen molar-refractivity contribution in [3.8, 4) is 0 Å². The predicted octanol–water partition coefficient (Wildman–Crippen LogP) is 1.55. The molecule has 2 rings (SSSR count). The van der Waals surface area contributed by atoms with Gasteiger partial charge in [-0.2, -0.15) is 0 Å². The summed E-state index contributed by atoms with van der Waals surface area (Å²) in [6.45, 7) is 7.02. The Hall–Kier alpha value is -0.0900. The van der Waals surface area contributed by atoms with Gasteiger partial charge in [-0.05, 0) is 39.5 Å². The predicted molar refractivity (Wildman–Crippen MR) is 104 cm³/mol. The van der Waals surface area contributed by atoms with E-state index in [1.165, 1.54) is 6.26 Å². The quantitative estimate of drug-likeness (QED) is 0.343. The number of hydrogen-bond donors (Lipinski definition) is 2. The van der Waals surface area contributed by atoms with E-state index in [0.717, 1.165) is 51.3 Å². The Bertz CT molecular complexity index is 512. The van der Waals surface area contributed by atoms with Crippen LogP contribution in [0.3, 0.4) is 0 Å². The van der Waals surface area contributed by atoms with E-state index in [9.17, 15) is 8.42 Å². The molecule has 0 amide bonds. The molecule has 2 aliphatic rings. The van der Waals surface area contributed by atoms with Gasteiger partial charge in [0, 0.05) is 37.9 Å². The largest absolute Gasteiger partial charge is 0.373 e. The first-order chi connectivity index (χ1) is 10.3.